The summed E-state index contributed by atoms with van der Waals surface area (Å²) in [5.74, 6) is 1.66. The molecule has 1 aromatic rings. The lowest BCUT2D eigenvalue weighted by Crippen LogP contribution is -2.31. The first-order valence-corrected chi connectivity index (χ1v) is 8.66. The summed E-state index contributed by atoms with van der Waals surface area (Å²) in [6, 6.07) is 0.483. The third-order valence-electron chi connectivity index (χ3n) is 4.38. The molecular weight excluding hydrogens is 252 g/mol. The summed E-state index contributed by atoms with van der Waals surface area (Å²) < 4.78 is 0. The molecule has 3 heteroatoms. The van der Waals surface area contributed by atoms with Gasteiger partial charge in [-0.2, -0.15) is 0 Å². The Morgan fingerprint density at radius 1 is 1.37 bits per heavy atom. The van der Waals surface area contributed by atoms with Crippen LogP contribution >= 0.6 is 11.3 Å². The topological polar surface area (TPSA) is 24.9 Å². The maximum absolute atomic E-state index is 4.90. The van der Waals surface area contributed by atoms with Crippen molar-refractivity contribution in [2.75, 3.05) is 6.54 Å². The average Bonchev–Trinajstić information content (AvgIpc) is 2.77. The van der Waals surface area contributed by atoms with E-state index in [0.29, 0.717) is 6.04 Å². The number of rotatable bonds is 5. The Labute approximate surface area is 122 Å². The molecule has 1 aliphatic rings. The monoisotopic (exact) mass is 280 g/mol. The smallest absolute Gasteiger partial charge is 0.110 e. The van der Waals surface area contributed by atoms with Crippen LogP contribution in [0.4, 0.5) is 0 Å². The Morgan fingerprint density at radius 3 is 2.74 bits per heavy atom. The van der Waals surface area contributed by atoms with Gasteiger partial charge in [0, 0.05) is 4.88 Å². The zero-order chi connectivity index (χ0) is 13.8. The molecular formula is C16H28N2S. The summed E-state index contributed by atoms with van der Waals surface area (Å²) in [6.45, 7) is 10.1. The van der Waals surface area contributed by atoms with Crippen molar-refractivity contribution in [2.24, 2.45) is 11.8 Å². The highest BCUT2D eigenvalue weighted by atomic mass is 32.1. The molecule has 1 aliphatic carbocycles. The molecule has 2 nitrogen and oxygen atoms in total. The van der Waals surface area contributed by atoms with Gasteiger partial charge in [-0.25, -0.2) is 4.98 Å². The van der Waals surface area contributed by atoms with Crippen molar-refractivity contribution in [3.05, 3.63) is 15.6 Å². The normalized spacial score (nSPS) is 25.5. The van der Waals surface area contributed by atoms with Crippen LogP contribution in [-0.4, -0.2) is 11.5 Å². The summed E-state index contributed by atoms with van der Waals surface area (Å²) in [6.07, 6.45) is 6.58. The Balaban J connectivity index is 2.18. The predicted octanol–water partition coefficient (Wildman–Crippen LogP) is 4.49. The van der Waals surface area contributed by atoms with Crippen LogP contribution in [0.5, 0.6) is 0 Å². The molecule has 0 aliphatic heterocycles. The number of aromatic nitrogens is 1. The van der Waals surface area contributed by atoms with Crippen molar-refractivity contribution in [1.29, 1.82) is 0 Å². The van der Waals surface area contributed by atoms with Crippen molar-refractivity contribution in [1.82, 2.24) is 10.3 Å². The van der Waals surface area contributed by atoms with E-state index in [0.717, 1.165) is 24.8 Å². The number of hydrogen-bond donors (Lipinski definition) is 1. The van der Waals surface area contributed by atoms with Crippen LogP contribution < -0.4 is 5.32 Å². The van der Waals surface area contributed by atoms with Gasteiger partial charge < -0.3 is 5.32 Å². The SMILES string of the molecule is CCNC(c1nc(CC)c(C)s1)C1CCCC(C)C1. The Bertz CT molecular complexity index is 399. The van der Waals surface area contributed by atoms with Crippen LogP contribution in [0.1, 0.15) is 68.1 Å². The van der Waals surface area contributed by atoms with Gasteiger partial charge in [-0.05, 0) is 44.6 Å². The molecule has 3 unspecified atom stereocenters. The standard InChI is InChI=1S/C16H28N2S/c1-5-14-12(4)19-16(18-14)15(17-6-2)13-9-7-8-11(3)10-13/h11,13,15,17H,5-10H2,1-4H3. The van der Waals surface area contributed by atoms with Gasteiger partial charge in [0.15, 0.2) is 0 Å². The molecule has 0 amide bonds. The molecule has 1 fully saturated rings. The van der Waals surface area contributed by atoms with Gasteiger partial charge in [-0.1, -0.05) is 33.6 Å². The fraction of sp³-hybridized carbons (Fsp3) is 0.812. The zero-order valence-electron chi connectivity index (χ0n) is 12.8. The molecule has 19 heavy (non-hydrogen) atoms. The van der Waals surface area contributed by atoms with E-state index in [9.17, 15) is 0 Å². The van der Waals surface area contributed by atoms with E-state index in [-0.39, 0.29) is 0 Å². The van der Waals surface area contributed by atoms with E-state index >= 15 is 0 Å². The Hall–Kier alpha value is -0.410. The molecule has 0 saturated heterocycles. The van der Waals surface area contributed by atoms with Gasteiger partial charge in [0.1, 0.15) is 5.01 Å². The number of thiazole rings is 1. The minimum absolute atomic E-state index is 0.483. The molecule has 0 spiro atoms. The molecule has 1 saturated carbocycles. The maximum atomic E-state index is 4.90. The molecule has 2 rings (SSSR count). The Kier molecular flexibility index (Phi) is 5.40. The van der Waals surface area contributed by atoms with Gasteiger partial charge in [-0.3, -0.25) is 0 Å². The second-order valence-electron chi connectivity index (χ2n) is 5.98. The lowest BCUT2D eigenvalue weighted by molar-refractivity contribution is 0.225. The summed E-state index contributed by atoms with van der Waals surface area (Å²) >= 11 is 1.91. The number of aryl methyl sites for hydroxylation is 2. The number of nitrogens with one attached hydrogen (secondary N) is 1. The van der Waals surface area contributed by atoms with Gasteiger partial charge in [0.05, 0.1) is 11.7 Å². The minimum atomic E-state index is 0.483. The van der Waals surface area contributed by atoms with Crippen LogP contribution in [0.15, 0.2) is 0 Å². The Morgan fingerprint density at radius 2 is 2.16 bits per heavy atom. The lowest BCUT2D eigenvalue weighted by atomic mass is 9.78. The van der Waals surface area contributed by atoms with Crippen molar-refractivity contribution in [3.63, 3.8) is 0 Å². The highest BCUT2D eigenvalue weighted by Crippen LogP contribution is 2.38. The fourth-order valence-electron chi connectivity index (χ4n) is 3.37. The minimum Gasteiger partial charge on any atom is -0.308 e. The average molecular weight is 280 g/mol. The molecule has 0 aromatic carbocycles. The van der Waals surface area contributed by atoms with Crippen molar-refractivity contribution < 1.29 is 0 Å². The first kappa shape index (κ1) is 15.0. The van der Waals surface area contributed by atoms with E-state index in [1.807, 2.05) is 11.3 Å². The molecule has 108 valence electrons. The third-order valence-corrected chi connectivity index (χ3v) is 5.48. The van der Waals surface area contributed by atoms with E-state index < -0.39 is 0 Å². The van der Waals surface area contributed by atoms with E-state index in [4.69, 9.17) is 4.98 Å². The first-order valence-electron chi connectivity index (χ1n) is 7.85. The van der Waals surface area contributed by atoms with Gasteiger partial charge in [-0.15, -0.1) is 11.3 Å². The quantitative estimate of drug-likeness (QED) is 0.859. The van der Waals surface area contributed by atoms with Crippen LogP contribution in [-0.2, 0) is 6.42 Å². The fourth-order valence-corrected chi connectivity index (χ4v) is 4.55. The van der Waals surface area contributed by atoms with Crippen LogP contribution in [0.2, 0.25) is 0 Å². The van der Waals surface area contributed by atoms with Crippen LogP contribution in [0.3, 0.4) is 0 Å². The van der Waals surface area contributed by atoms with Crippen molar-refractivity contribution in [2.45, 2.75) is 65.8 Å². The molecule has 1 heterocycles. The highest BCUT2D eigenvalue weighted by molar-refractivity contribution is 7.11. The van der Waals surface area contributed by atoms with Gasteiger partial charge >= 0.3 is 0 Å². The highest BCUT2D eigenvalue weighted by Gasteiger charge is 2.29. The largest absolute Gasteiger partial charge is 0.308 e. The number of hydrogen-bond acceptors (Lipinski definition) is 3. The van der Waals surface area contributed by atoms with Gasteiger partial charge in [0.2, 0.25) is 0 Å². The predicted molar refractivity (Wildman–Crippen MR) is 83.8 cm³/mol. The lowest BCUT2D eigenvalue weighted by Gasteiger charge is -2.32. The van der Waals surface area contributed by atoms with Crippen LogP contribution in [0.25, 0.3) is 0 Å². The molecule has 3 atom stereocenters. The van der Waals surface area contributed by atoms with E-state index in [1.165, 1.54) is 41.3 Å². The third kappa shape index (κ3) is 3.57. The van der Waals surface area contributed by atoms with Gasteiger partial charge in [0.25, 0.3) is 0 Å². The summed E-state index contributed by atoms with van der Waals surface area (Å²) in [4.78, 5) is 6.31. The second-order valence-corrected chi connectivity index (χ2v) is 7.21. The molecule has 1 aromatic heterocycles. The van der Waals surface area contributed by atoms with E-state index in [1.54, 1.807) is 0 Å². The first-order chi connectivity index (χ1) is 9.15. The maximum Gasteiger partial charge on any atom is 0.110 e. The van der Waals surface area contributed by atoms with Crippen LogP contribution in [0, 0.1) is 18.8 Å². The summed E-state index contributed by atoms with van der Waals surface area (Å²) in [5.41, 5.74) is 1.30. The molecule has 0 bridgehead atoms. The number of nitrogens with zero attached hydrogens (tertiary/aromatic N) is 1. The molecule has 0 radical (unpaired) electrons. The molecule has 1 N–H and O–H groups in total. The summed E-state index contributed by atoms with van der Waals surface area (Å²) in [5, 5.41) is 5.03. The van der Waals surface area contributed by atoms with E-state index in [2.05, 4.69) is 33.0 Å². The second kappa shape index (κ2) is 6.85. The van der Waals surface area contributed by atoms with Crippen molar-refractivity contribution >= 4 is 11.3 Å². The zero-order valence-corrected chi connectivity index (χ0v) is 13.6. The van der Waals surface area contributed by atoms with Crippen molar-refractivity contribution in [3.8, 4) is 0 Å². The summed E-state index contributed by atoms with van der Waals surface area (Å²) in [7, 11) is 0.